The highest BCUT2D eigenvalue weighted by molar-refractivity contribution is 7.98. The van der Waals surface area contributed by atoms with Crippen molar-refractivity contribution < 1.29 is 15.0 Å². The van der Waals surface area contributed by atoms with E-state index >= 15 is 0 Å². The Morgan fingerprint density at radius 3 is 2.12 bits per heavy atom. The van der Waals surface area contributed by atoms with Crippen LogP contribution in [0, 0.1) is 0 Å². The minimum Gasteiger partial charge on any atom is -0.395 e. The third-order valence-electron chi connectivity index (χ3n) is 2.36. The van der Waals surface area contributed by atoms with Crippen molar-refractivity contribution in [2.75, 3.05) is 32.6 Å². The zero-order valence-electron chi connectivity index (χ0n) is 9.80. The number of hydrogen-bond acceptors (Lipinski definition) is 4. The lowest BCUT2D eigenvalue weighted by Crippen LogP contribution is -2.35. The summed E-state index contributed by atoms with van der Waals surface area (Å²) in [6, 6.07) is 7.29. The predicted octanol–water partition coefficient (Wildman–Crippen LogP) is 0.835. The Labute approximate surface area is 105 Å². The molecule has 2 N–H and O–H groups in total. The summed E-state index contributed by atoms with van der Waals surface area (Å²) < 4.78 is 0. The molecular weight excluding hydrogens is 238 g/mol. The average molecular weight is 255 g/mol. The number of nitrogens with zero attached hydrogens (tertiary/aromatic N) is 1. The zero-order valence-corrected chi connectivity index (χ0v) is 10.6. The summed E-state index contributed by atoms with van der Waals surface area (Å²) in [6.45, 7) is 0.274. The third kappa shape index (κ3) is 4.03. The molecule has 0 aliphatic heterocycles. The van der Waals surface area contributed by atoms with Crippen LogP contribution in [0.5, 0.6) is 0 Å². The van der Waals surface area contributed by atoms with Gasteiger partial charge in [0.2, 0.25) is 0 Å². The molecule has 1 amide bonds. The van der Waals surface area contributed by atoms with Gasteiger partial charge in [0.25, 0.3) is 5.91 Å². The van der Waals surface area contributed by atoms with E-state index in [1.165, 1.54) is 4.90 Å². The Morgan fingerprint density at radius 1 is 1.18 bits per heavy atom. The molecule has 17 heavy (non-hydrogen) atoms. The number of benzene rings is 1. The first-order valence-electron chi connectivity index (χ1n) is 5.38. The molecule has 0 aliphatic carbocycles. The fourth-order valence-electron chi connectivity index (χ4n) is 1.47. The molecule has 4 nitrogen and oxygen atoms in total. The number of amides is 1. The van der Waals surface area contributed by atoms with Crippen LogP contribution in [0.15, 0.2) is 29.2 Å². The number of aliphatic hydroxyl groups excluding tert-OH is 2. The number of carbonyl (C=O) groups is 1. The second-order valence-corrected chi connectivity index (χ2v) is 4.35. The van der Waals surface area contributed by atoms with E-state index in [9.17, 15) is 4.79 Å². The van der Waals surface area contributed by atoms with Gasteiger partial charge in [-0.25, -0.2) is 0 Å². The van der Waals surface area contributed by atoms with Crippen LogP contribution in [0.1, 0.15) is 10.4 Å². The van der Waals surface area contributed by atoms with E-state index in [1.54, 1.807) is 23.9 Å². The van der Waals surface area contributed by atoms with Crippen molar-refractivity contribution in [1.29, 1.82) is 0 Å². The normalized spacial score (nSPS) is 10.3. The van der Waals surface area contributed by atoms with Crippen molar-refractivity contribution >= 4 is 17.7 Å². The van der Waals surface area contributed by atoms with E-state index in [2.05, 4.69) is 0 Å². The van der Waals surface area contributed by atoms with Crippen LogP contribution in [0.4, 0.5) is 0 Å². The van der Waals surface area contributed by atoms with Crippen molar-refractivity contribution in [2.24, 2.45) is 0 Å². The topological polar surface area (TPSA) is 60.8 Å². The average Bonchev–Trinajstić information content (AvgIpc) is 2.38. The first-order valence-corrected chi connectivity index (χ1v) is 6.60. The molecule has 0 aromatic heterocycles. The van der Waals surface area contributed by atoms with Gasteiger partial charge < -0.3 is 15.1 Å². The molecular formula is C12H17NO3S. The molecule has 0 heterocycles. The highest BCUT2D eigenvalue weighted by Crippen LogP contribution is 2.15. The summed E-state index contributed by atoms with van der Waals surface area (Å²) in [5, 5.41) is 17.7. The fourth-order valence-corrected chi connectivity index (χ4v) is 1.88. The van der Waals surface area contributed by atoms with Crippen molar-refractivity contribution in [2.45, 2.75) is 4.90 Å². The van der Waals surface area contributed by atoms with E-state index in [0.717, 1.165) is 4.90 Å². The van der Waals surface area contributed by atoms with Gasteiger partial charge in [0.1, 0.15) is 0 Å². The quantitative estimate of drug-likeness (QED) is 0.739. The lowest BCUT2D eigenvalue weighted by molar-refractivity contribution is 0.0685. The molecule has 0 spiro atoms. The summed E-state index contributed by atoms with van der Waals surface area (Å²) in [7, 11) is 0. The Balaban J connectivity index is 2.77. The van der Waals surface area contributed by atoms with Crippen molar-refractivity contribution in [3.8, 4) is 0 Å². The maximum absolute atomic E-state index is 12.0. The molecule has 0 bridgehead atoms. The van der Waals surface area contributed by atoms with Gasteiger partial charge in [-0.05, 0) is 30.5 Å². The van der Waals surface area contributed by atoms with E-state index < -0.39 is 0 Å². The molecule has 0 fully saturated rings. The predicted molar refractivity (Wildman–Crippen MR) is 68.3 cm³/mol. The van der Waals surface area contributed by atoms with Crippen molar-refractivity contribution in [3.63, 3.8) is 0 Å². The zero-order chi connectivity index (χ0) is 12.7. The molecule has 1 aromatic rings. The third-order valence-corrected chi connectivity index (χ3v) is 3.11. The summed E-state index contributed by atoms with van der Waals surface area (Å²) in [5.41, 5.74) is 0.574. The van der Waals surface area contributed by atoms with Gasteiger partial charge in [-0.2, -0.15) is 0 Å². The van der Waals surface area contributed by atoms with Crippen LogP contribution >= 0.6 is 11.8 Å². The first-order chi connectivity index (χ1) is 8.22. The standard InChI is InChI=1S/C12H17NO3S/c1-17-11-4-2-10(3-5-11)12(16)13(6-8-14)7-9-15/h2-5,14-15H,6-9H2,1H3. The molecule has 0 aliphatic rings. The molecule has 0 saturated carbocycles. The lowest BCUT2D eigenvalue weighted by Gasteiger charge is -2.20. The summed E-state index contributed by atoms with van der Waals surface area (Å²) in [5.74, 6) is -0.166. The van der Waals surface area contributed by atoms with Crippen molar-refractivity contribution in [1.82, 2.24) is 4.90 Å². The highest BCUT2D eigenvalue weighted by Gasteiger charge is 2.14. The second-order valence-electron chi connectivity index (χ2n) is 3.47. The largest absolute Gasteiger partial charge is 0.395 e. The van der Waals surface area contributed by atoms with Gasteiger partial charge in [0.15, 0.2) is 0 Å². The van der Waals surface area contributed by atoms with E-state index in [0.29, 0.717) is 5.56 Å². The van der Waals surface area contributed by atoms with Crippen LogP contribution in [0.25, 0.3) is 0 Å². The monoisotopic (exact) mass is 255 g/mol. The smallest absolute Gasteiger partial charge is 0.254 e. The molecule has 94 valence electrons. The summed E-state index contributed by atoms with van der Waals surface area (Å²) in [6.07, 6.45) is 1.97. The number of hydrogen-bond donors (Lipinski definition) is 2. The molecule has 0 unspecified atom stereocenters. The number of rotatable bonds is 6. The van der Waals surface area contributed by atoms with Gasteiger partial charge in [0.05, 0.1) is 13.2 Å². The van der Waals surface area contributed by atoms with Gasteiger partial charge in [-0.1, -0.05) is 0 Å². The Morgan fingerprint density at radius 2 is 1.71 bits per heavy atom. The van der Waals surface area contributed by atoms with Gasteiger partial charge in [-0.3, -0.25) is 4.79 Å². The van der Waals surface area contributed by atoms with Crippen LogP contribution < -0.4 is 0 Å². The molecule has 5 heteroatoms. The van der Waals surface area contributed by atoms with Crippen molar-refractivity contribution in [3.05, 3.63) is 29.8 Å². The molecule has 1 rings (SSSR count). The molecule has 0 radical (unpaired) electrons. The fraction of sp³-hybridized carbons (Fsp3) is 0.417. The van der Waals surface area contributed by atoms with E-state index in [4.69, 9.17) is 10.2 Å². The van der Waals surface area contributed by atoms with Gasteiger partial charge in [-0.15, -0.1) is 11.8 Å². The maximum atomic E-state index is 12.0. The molecule has 1 aromatic carbocycles. The summed E-state index contributed by atoms with van der Waals surface area (Å²) >= 11 is 1.61. The molecule has 0 saturated heterocycles. The lowest BCUT2D eigenvalue weighted by atomic mass is 10.2. The van der Waals surface area contributed by atoms with Gasteiger partial charge in [0, 0.05) is 23.5 Å². The Kier molecular flexibility index (Phi) is 6.04. The number of thioether (sulfide) groups is 1. The molecule has 0 atom stereocenters. The second kappa shape index (κ2) is 7.32. The van der Waals surface area contributed by atoms with Crippen LogP contribution in [0.2, 0.25) is 0 Å². The van der Waals surface area contributed by atoms with Crippen LogP contribution in [-0.4, -0.2) is 53.6 Å². The van der Waals surface area contributed by atoms with Gasteiger partial charge >= 0.3 is 0 Å². The van der Waals surface area contributed by atoms with E-state index in [1.807, 2.05) is 18.4 Å². The van der Waals surface area contributed by atoms with Crippen LogP contribution in [-0.2, 0) is 0 Å². The SMILES string of the molecule is CSc1ccc(C(=O)N(CCO)CCO)cc1. The Bertz CT molecular complexity index is 347. The summed E-state index contributed by atoms with van der Waals surface area (Å²) in [4.78, 5) is 14.6. The Hall–Kier alpha value is -1.04. The maximum Gasteiger partial charge on any atom is 0.254 e. The van der Waals surface area contributed by atoms with E-state index in [-0.39, 0.29) is 32.2 Å². The van der Waals surface area contributed by atoms with Crippen LogP contribution in [0.3, 0.4) is 0 Å². The number of carbonyl (C=O) groups excluding carboxylic acids is 1. The minimum atomic E-state index is -0.166. The first kappa shape index (κ1) is 14.0. The highest BCUT2D eigenvalue weighted by atomic mass is 32.2. The minimum absolute atomic E-state index is 0.103. The number of aliphatic hydroxyl groups is 2.